The lowest BCUT2D eigenvalue weighted by molar-refractivity contribution is 0.0480. The van der Waals surface area contributed by atoms with Crippen LogP contribution < -0.4 is 0 Å². The molecule has 1 N–H and O–H groups in total. The Morgan fingerprint density at radius 2 is 2.45 bits per heavy atom. The zero-order chi connectivity index (χ0) is 8.16. The van der Waals surface area contributed by atoms with Gasteiger partial charge in [0, 0.05) is 19.5 Å². The summed E-state index contributed by atoms with van der Waals surface area (Å²) in [5.74, 6) is 2.03. The van der Waals surface area contributed by atoms with Crippen molar-refractivity contribution in [1.29, 1.82) is 0 Å². The largest absolute Gasteiger partial charge is 0.389 e. The molecule has 0 aromatic carbocycles. The van der Waals surface area contributed by atoms with Crippen LogP contribution in [0, 0.1) is 0 Å². The molecule has 0 radical (unpaired) electrons. The highest BCUT2D eigenvalue weighted by Crippen LogP contribution is 2.31. The van der Waals surface area contributed by atoms with Crippen molar-refractivity contribution in [3.05, 3.63) is 0 Å². The predicted octanol–water partition coefficient (Wildman–Crippen LogP) is 1.28. The summed E-state index contributed by atoms with van der Waals surface area (Å²) in [5.41, 5.74) is -0.372. The summed E-state index contributed by atoms with van der Waals surface area (Å²) in [6, 6.07) is 0. The molecule has 11 heavy (non-hydrogen) atoms. The van der Waals surface area contributed by atoms with Crippen LogP contribution >= 0.6 is 11.8 Å². The SMILES string of the molecule is COCCCC1(O)CCSC1. The van der Waals surface area contributed by atoms with Crippen molar-refractivity contribution in [1.82, 2.24) is 0 Å². The van der Waals surface area contributed by atoms with Gasteiger partial charge < -0.3 is 9.84 Å². The highest BCUT2D eigenvalue weighted by molar-refractivity contribution is 7.99. The lowest BCUT2D eigenvalue weighted by Crippen LogP contribution is -2.28. The van der Waals surface area contributed by atoms with Gasteiger partial charge in [-0.25, -0.2) is 0 Å². The first-order valence-corrected chi connectivity index (χ1v) is 5.21. The van der Waals surface area contributed by atoms with E-state index in [1.165, 1.54) is 0 Å². The molecule has 1 atom stereocenters. The van der Waals surface area contributed by atoms with Crippen LogP contribution in [0.15, 0.2) is 0 Å². The molecule has 1 fully saturated rings. The minimum absolute atomic E-state index is 0.372. The van der Waals surface area contributed by atoms with Crippen molar-refractivity contribution in [3.63, 3.8) is 0 Å². The van der Waals surface area contributed by atoms with E-state index < -0.39 is 0 Å². The molecule has 1 unspecified atom stereocenters. The number of hydrogen-bond donors (Lipinski definition) is 1. The molecule has 2 nitrogen and oxygen atoms in total. The third-order valence-corrected chi connectivity index (χ3v) is 3.31. The summed E-state index contributed by atoms with van der Waals surface area (Å²) >= 11 is 1.85. The molecule has 0 aromatic rings. The Balaban J connectivity index is 2.13. The lowest BCUT2D eigenvalue weighted by atomic mass is 9.98. The number of ether oxygens (including phenoxy) is 1. The van der Waals surface area contributed by atoms with E-state index in [0.29, 0.717) is 0 Å². The molecular weight excluding hydrogens is 160 g/mol. The Labute approximate surface area is 72.3 Å². The van der Waals surface area contributed by atoms with Crippen molar-refractivity contribution in [2.75, 3.05) is 25.2 Å². The number of thioether (sulfide) groups is 1. The minimum atomic E-state index is -0.372. The van der Waals surface area contributed by atoms with Gasteiger partial charge in [0.15, 0.2) is 0 Å². The fourth-order valence-electron chi connectivity index (χ4n) is 1.34. The molecule has 1 heterocycles. The standard InChI is InChI=1S/C8H16O2S/c1-10-5-2-3-8(9)4-6-11-7-8/h9H,2-7H2,1H3. The predicted molar refractivity (Wildman–Crippen MR) is 48.0 cm³/mol. The molecular formula is C8H16O2S. The van der Waals surface area contributed by atoms with Crippen LogP contribution in [0.4, 0.5) is 0 Å². The Morgan fingerprint density at radius 1 is 1.64 bits per heavy atom. The average Bonchev–Trinajstić information content (AvgIpc) is 2.38. The number of methoxy groups -OCH3 is 1. The van der Waals surface area contributed by atoms with E-state index in [0.717, 1.165) is 37.4 Å². The minimum Gasteiger partial charge on any atom is -0.389 e. The Kier molecular flexibility index (Phi) is 3.69. The number of rotatable bonds is 4. The first-order chi connectivity index (χ1) is 5.27. The van der Waals surface area contributed by atoms with Gasteiger partial charge in [-0.05, 0) is 25.0 Å². The summed E-state index contributed by atoms with van der Waals surface area (Å²) in [4.78, 5) is 0. The van der Waals surface area contributed by atoms with E-state index in [4.69, 9.17) is 4.74 Å². The van der Waals surface area contributed by atoms with E-state index in [-0.39, 0.29) is 5.60 Å². The molecule has 0 amide bonds. The van der Waals surface area contributed by atoms with E-state index in [2.05, 4.69) is 0 Å². The van der Waals surface area contributed by atoms with Crippen molar-refractivity contribution < 1.29 is 9.84 Å². The Bertz CT molecular complexity index is 111. The Morgan fingerprint density at radius 3 is 3.00 bits per heavy atom. The molecule has 1 aliphatic rings. The molecule has 66 valence electrons. The highest BCUT2D eigenvalue weighted by atomic mass is 32.2. The molecule has 0 bridgehead atoms. The first kappa shape index (κ1) is 9.36. The summed E-state index contributed by atoms with van der Waals surface area (Å²) in [6.45, 7) is 0.771. The van der Waals surface area contributed by atoms with Gasteiger partial charge in [0.25, 0.3) is 0 Å². The molecule has 3 heteroatoms. The summed E-state index contributed by atoms with van der Waals surface area (Å²) in [5, 5.41) is 9.84. The molecule has 1 saturated heterocycles. The topological polar surface area (TPSA) is 29.5 Å². The van der Waals surface area contributed by atoms with Gasteiger partial charge in [0.2, 0.25) is 0 Å². The summed E-state index contributed by atoms with van der Waals surface area (Å²) in [6.07, 6.45) is 2.84. The molecule has 0 aliphatic carbocycles. The maximum absolute atomic E-state index is 9.84. The van der Waals surface area contributed by atoms with E-state index in [9.17, 15) is 5.11 Å². The van der Waals surface area contributed by atoms with Crippen LogP contribution in [0.1, 0.15) is 19.3 Å². The van der Waals surface area contributed by atoms with Gasteiger partial charge in [-0.3, -0.25) is 0 Å². The zero-order valence-electron chi connectivity index (χ0n) is 7.01. The van der Waals surface area contributed by atoms with Crippen LogP contribution in [-0.2, 0) is 4.74 Å². The van der Waals surface area contributed by atoms with Crippen molar-refractivity contribution in [2.24, 2.45) is 0 Å². The second kappa shape index (κ2) is 4.33. The summed E-state index contributed by atoms with van der Waals surface area (Å²) < 4.78 is 4.93. The fraction of sp³-hybridized carbons (Fsp3) is 1.00. The van der Waals surface area contributed by atoms with Gasteiger partial charge in [-0.1, -0.05) is 0 Å². The highest BCUT2D eigenvalue weighted by Gasteiger charge is 2.30. The molecule has 1 rings (SSSR count). The second-order valence-electron chi connectivity index (χ2n) is 3.12. The second-order valence-corrected chi connectivity index (χ2v) is 4.23. The quantitative estimate of drug-likeness (QED) is 0.654. The normalized spacial score (nSPS) is 31.1. The molecule has 0 saturated carbocycles. The van der Waals surface area contributed by atoms with Crippen LogP contribution in [0.25, 0.3) is 0 Å². The van der Waals surface area contributed by atoms with Gasteiger partial charge in [-0.15, -0.1) is 0 Å². The van der Waals surface area contributed by atoms with Crippen molar-refractivity contribution in [3.8, 4) is 0 Å². The van der Waals surface area contributed by atoms with Gasteiger partial charge in [-0.2, -0.15) is 11.8 Å². The van der Waals surface area contributed by atoms with Crippen molar-refractivity contribution >= 4 is 11.8 Å². The lowest BCUT2D eigenvalue weighted by Gasteiger charge is -2.20. The molecule has 0 spiro atoms. The van der Waals surface area contributed by atoms with Crippen molar-refractivity contribution in [2.45, 2.75) is 24.9 Å². The smallest absolute Gasteiger partial charge is 0.0746 e. The van der Waals surface area contributed by atoms with Crippen LogP contribution in [0.3, 0.4) is 0 Å². The Hall–Kier alpha value is 0.270. The van der Waals surface area contributed by atoms with Crippen LogP contribution in [0.5, 0.6) is 0 Å². The van der Waals surface area contributed by atoms with Gasteiger partial charge in [0.05, 0.1) is 5.60 Å². The van der Waals surface area contributed by atoms with Crippen LogP contribution in [0.2, 0.25) is 0 Å². The third-order valence-electron chi connectivity index (χ3n) is 2.07. The zero-order valence-corrected chi connectivity index (χ0v) is 7.82. The molecule has 1 aliphatic heterocycles. The van der Waals surface area contributed by atoms with Crippen LogP contribution in [-0.4, -0.2) is 35.9 Å². The number of aliphatic hydroxyl groups is 1. The van der Waals surface area contributed by atoms with E-state index in [1.807, 2.05) is 11.8 Å². The van der Waals surface area contributed by atoms with E-state index in [1.54, 1.807) is 7.11 Å². The van der Waals surface area contributed by atoms with Gasteiger partial charge in [0.1, 0.15) is 0 Å². The first-order valence-electron chi connectivity index (χ1n) is 4.06. The maximum atomic E-state index is 9.84. The van der Waals surface area contributed by atoms with E-state index >= 15 is 0 Å². The number of hydrogen-bond acceptors (Lipinski definition) is 3. The summed E-state index contributed by atoms with van der Waals surface area (Å²) in [7, 11) is 1.70. The fourth-order valence-corrected chi connectivity index (χ4v) is 2.68. The molecule has 0 aromatic heterocycles. The van der Waals surface area contributed by atoms with Gasteiger partial charge >= 0.3 is 0 Å². The third kappa shape index (κ3) is 3.01. The maximum Gasteiger partial charge on any atom is 0.0746 e. The monoisotopic (exact) mass is 176 g/mol. The average molecular weight is 176 g/mol.